The molecule has 2 atom stereocenters. The van der Waals surface area contributed by atoms with Gasteiger partial charge >= 0.3 is 5.97 Å². The second kappa shape index (κ2) is 69.1. The van der Waals surface area contributed by atoms with E-state index in [0.29, 0.717) is 19.4 Å². The van der Waals surface area contributed by atoms with Crippen molar-refractivity contribution < 1.29 is 24.5 Å². The third-order valence-electron chi connectivity index (χ3n) is 17.3. The lowest BCUT2D eigenvalue weighted by atomic mass is 10.0. The van der Waals surface area contributed by atoms with Gasteiger partial charge in [-0.3, -0.25) is 9.59 Å². The summed E-state index contributed by atoms with van der Waals surface area (Å²) in [7, 11) is 0. The molecular formula is C73H143NO5. The van der Waals surface area contributed by atoms with Crippen molar-refractivity contribution in [3.8, 4) is 0 Å². The van der Waals surface area contributed by atoms with Crippen molar-refractivity contribution in [1.29, 1.82) is 0 Å². The number of carbonyl (C=O) groups excluding carboxylic acids is 2. The second-order valence-corrected chi connectivity index (χ2v) is 25.3. The summed E-state index contributed by atoms with van der Waals surface area (Å²) in [6.07, 6.45) is 85.9. The van der Waals surface area contributed by atoms with E-state index < -0.39 is 12.1 Å². The highest BCUT2D eigenvalue weighted by molar-refractivity contribution is 5.76. The molecule has 0 fully saturated rings. The van der Waals surface area contributed by atoms with Gasteiger partial charge in [0.05, 0.1) is 25.4 Å². The van der Waals surface area contributed by atoms with Gasteiger partial charge in [-0.05, 0) is 32.1 Å². The van der Waals surface area contributed by atoms with Gasteiger partial charge in [-0.25, -0.2) is 0 Å². The normalized spacial score (nSPS) is 12.5. The first-order valence-electron chi connectivity index (χ1n) is 36.5. The largest absolute Gasteiger partial charge is 0.466 e. The molecule has 2 unspecified atom stereocenters. The van der Waals surface area contributed by atoms with Gasteiger partial charge in [0.1, 0.15) is 0 Å². The minimum Gasteiger partial charge on any atom is -0.466 e. The quantitative estimate of drug-likeness (QED) is 0.0320. The van der Waals surface area contributed by atoms with Gasteiger partial charge in [0.25, 0.3) is 0 Å². The van der Waals surface area contributed by atoms with E-state index in [-0.39, 0.29) is 18.5 Å². The summed E-state index contributed by atoms with van der Waals surface area (Å²) in [5.41, 5.74) is 0. The maximum atomic E-state index is 12.5. The molecule has 0 rings (SSSR count). The lowest BCUT2D eigenvalue weighted by molar-refractivity contribution is -0.143. The Morgan fingerprint density at radius 2 is 0.582 bits per heavy atom. The number of carbonyl (C=O) groups is 2. The van der Waals surface area contributed by atoms with Crippen LogP contribution in [-0.2, 0) is 14.3 Å². The Morgan fingerprint density at radius 1 is 0.342 bits per heavy atom. The first-order valence-corrected chi connectivity index (χ1v) is 36.5. The van der Waals surface area contributed by atoms with Crippen molar-refractivity contribution in [2.45, 2.75) is 431 Å². The topological polar surface area (TPSA) is 95.9 Å². The fourth-order valence-electron chi connectivity index (χ4n) is 11.8. The maximum Gasteiger partial charge on any atom is 0.305 e. The Balaban J connectivity index is 3.32. The minimum absolute atomic E-state index is 0.0243. The lowest BCUT2D eigenvalue weighted by Gasteiger charge is -2.20. The van der Waals surface area contributed by atoms with Crippen molar-refractivity contribution >= 4 is 11.9 Å². The van der Waals surface area contributed by atoms with Gasteiger partial charge in [-0.2, -0.15) is 0 Å². The molecule has 6 nitrogen and oxygen atoms in total. The van der Waals surface area contributed by atoms with Crippen LogP contribution in [0, 0.1) is 0 Å². The number of hydrogen-bond acceptors (Lipinski definition) is 5. The van der Waals surface area contributed by atoms with Gasteiger partial charge in [-0.15, -0.1) is 0 Å². The first kappa shape index (κ1) is 77.6. The zero-order valence-corrected chi connectivity index (χ0v) is 53.9. The molecule has 0 spiro atoms. The predicted molar refractivity (Wildman–Crippen MR) is 347 cm³/mol. The molecule has 0 aliphatic rings. The number of esters is 1. The van der Waals surface area contributed by atoms with E-state index in [1.54, 1.807) is 6.08 Å². The number of unbranched alkanes of at least 4 members (excludes halogenated alkanes) is 58. The highest BCUT2D eigenvalue weighted by Crippen LogP contribution is 2.19. The summed E-state index contributed by atoms with van der Waals surface area (Å²) in [5, 5.41) is 23.2. The third kappa shape index (κ3) is 65.6. The summed E-state index contributed by atoms with van der Waals surface area (Å²) in [4.78, 5) is 24.6. The Morgan fingerprint density at radius 3 is 0.861 bits per heavy atom. The van der Waals surface area contributed by atoms with Crippen LogP contribution >= 0.6 is 0 Å². The number of allylic oxidation sites excluding steroid dienone is 1. The molecule has 0 saturated heterocycles. The highest BCUT2D eigenvalue weighted by Gasteiger charge is 2.18. The molecule has 79 heavy (non-hydrogen) atoms. The number of rotatable bonds is 69. The van der Waals surface area contributed by atoms with Crippen LogP contribution in [-0.4, -0.2) is 47.4 Å². The van der Waals surface area contributed by atoms with Crippen LogP contribution in [0.2, 0.25) is 0 Å². The molecule has 0 aromatic carbocycles. The molecule has 0 radical (unpaired) electrons. The van der Waals surface area contributed by atoms with E-state index in [4.69, 9.17) is 4.74 Å². The molecule has 0 aromatic heterocycles. The number of aliphatic hydroxyl groups excluding tert-OH is 2. The fourth-order valence-corrected chi connectivity index (χ4v) is 11.8. The summed E-state index contributed by atoms with van der Waals surface area (Å²) < 4.78 is 5.50. The molecule has 3 N–H and O–H groups in total. The monoisotopic (exact) mass is 1110 g/mol. The van der Waals surface area contributed by atoms with Crippen LogP contribution in [0.3, 0.4) is 0 Å². The maximum absolute atomic E-state index is 12.5. The van der Waals surface area contributed by atoms with Gasteiger partial charge < -0.3 is 20.3 Å². The smallest absolute Gasteiger partial charge is 0.305 e. The van der Waals surface area contributed by atoms with E-state index >= 15 is 0 Å². The van der Waals surface area contributed by atoms with Crippen molar-refractivity contribution in [3.63, 3.8) is 0 Å². The molecule has 0 saturated carbocycles. The molecule has 0 aliphatic heterocycles. The number of amides is 1. The highest BCUT2D eigenvalue weighted by atomic mass is 16.5. The fraction of sp³-hybridized carbons (Fsp3) is 0.945. The van der Waals surface area contributed by atoms with Crippen LogP contribution < -0.4 is 5.32 Å². The van der Waals surface area contributed by atoms with E-state index in [9.17, 15) is 19.8 Å². The number of ether oxygens (including phenoxy) is 1. The molecule has 0 bridgehead atoms. The van der Waals surface area contributed by atoms with Gasteiger partial charge in [0, 0.05) is 12.8 Å². The van der Waals surface area contributed by atoms with E-state index in [0.717, 1.165) is 38.5 Å². The van der Waals surface area contributed by atoms with Gasteiger partial charge in [0.15, 0.2) is 0 Å². The van der Waals surface area contributed by atoms with Crippen molar-refractivity contribution in [2.75, 3.05) is 13.2 Å². The van der Waals surface area contributed by atoms with Crippen molar-refractivity contribution in [1.82, 2.24) is 5.32 Å². The van der Waals surface area contributed by atoms with Crippen LogP contribution in [0.25, 0.3) is 0 Å². The Hall–Kier alpha value is -1.40. The average Bonchev–Trinajstić information content (AvgIpc) is 3.45. The van der Waals surface area contributed by atoms with E-state index in [2.05, 4.69) is 19.2 Å². The van der Waals surface area contributed by atoms with Crippen LogP contribution in [0.1, 0.15) is 418 Å². The molecular weight excluding hydrogens is 971 g/mol. The van der Waals surface area contributed by atoms with E-state index in [1.165, 1.54) is 353 Å². The van der Waals surface area contributed by atoms with Gasteiger partial charge in [0.2, 0.25) is 5.91 Å². The summed E-state index contributed by atoms with van der Waals surface area (Å²) in [6.45, 7) is 4.95. The van der Waals surface area contributed by atoms with Crippen LogP contribution in [0.5, 0.6) is 0 Å². The second-order valence-electron chi connectivity index (χ2n) is 25.3. The van der Waals surface area contributed by atoms with Crippen LogP contribution in [0.15, 0.2) is 12.2 Å². The van der Waals surface area contributed by atoms with Crippen molar-refractivity contribution in [3.05, 3.63) is 12.2 Å². The standard InChI is InChI=1S/C73H143NO5/c1-3-5-7-9-11-13-15-17-19-38-41-45-49-53-57-61-65-71(76)70(69-75)74-72(77)66-62-58-54-50-46-42-39-35-33-31-29-27-25-23-21-20-22-24-26-28-30-32-34-36-40-44-48-52-56-60-64-68-79-73(78)67-63-59-55-51-47-43-37-18-16-14-12-10-8-6-4-2/h61,65,70-71,75-76H,3-60,62-64,66-69H2,1-2H3,(H,74,77)/b65-61+. The third-order valence-corrected chi connectivity index (χ3v) is 17.3. The SMILES string of the molecule is CCCCCCCCCCCCCCCC/C=C/C(O)C(CO)NC(=O)CCCCCCCCCCCCCCCCCCCCCCCCCCCCCCCCCOC(=O)CCCCCCCCCCCCCCCCC. The lowest BCUT2D eigenvalue weighted by Crippen LogP contribution is -2.45. The molecule has 0 heterocycles. The zero-order chi connectivity index (χ0) is 57.1. The summed E-state index contributed by atoms with van der Waals surface area (Å²) in [5.74, 6) is -0.0360. The number of hydrogen-bond donors (Lipinski definition) is 3. The molecule has 6 heteroatoms. The summed E-state index contributed by atoms with van der Waals surface area (Å²) in [6, 6.07) is -0.624. The zero-order valence-electron chi connectivity index (χ0n) is 53.9. The minimum atomic E-state index is -0.841. The predicted octanol–water partition coefficient (Wildman–Crippen LogP) is 23.5. The number of nitrogens with one attached hydrogen (secondary N) is 1. The van der Waals surface area contributed by atoms with Gasteiger partial charge in [-0.1, -0.05) is 386 Å². The molecule has 470 valence electrons. The molecule has 1 amide bonds. The van der Waals surface area contributed by atoms with Crippen molar-refractivity contribution in [2.24, 2.45) is 0 Å². The molecule has 0 aliphatic carbocycles. The molecule has 0 aromatic rings. The Labute approximate surface area is 495 Å². The number of aliphatic hydroxyl groups is 2. The first-order chi connectivity index (χ1) is 39.0. The van der Waals surface area contributed by atoms with Crippen LogP contribution in [0.4, 0.5) is 0 Å². The Kier molecular flexibility index (Phi) is 67.9. The summed E-state index contributed by atoms with van der Waals surface area (Å²) >= 11 is 0. The van der Waals surface area contributed by atoms with E-state index in [1.807, 2.05) is 6.08 Å². The Bertz CT molecular complexity index is 1190. The average molecular weight is 1110 g/mol.